The lowest BCUT2D eigenvalue weighted by Gasteiger charge is -2.17. The van der Waals surface area contributed by atoms with Gasteiger partial charge in [-0.1, -0.05) is 36.4 Å². The molecule has 0 aliphatic heterocycles. The molecule has 1 atom stereocenters. The Labute approximate surface area is 142 Å². The Morgan fingerprint density at radius 3 is 2.29 bits per heavy atom. The van der Waals surface area contributed by atoms with Crippen LogP contribution in [0.25, 0.3) is 0 Å². The molecule has 126 valence electrons. The van der Waals surface area contributed by atoms with Gasteiger partial charge in [-0.3, -0.25) is 4.79 Å². The Hall–Kier alpha value is -2.33. The van der Waals surface area contributed by atoms with Gasteiger partial charge in [0.15, 0.2) is 0 Å². The van der Waals surface area contributed by atoms with Gasteiger partial charge in [-0.05, 0) is 35.7 Å². The summed E-state index contributed by atoms with van der Waals surface area (Å²) in [7, 11) is 0. The maximum Gasteiger partial charge on any atom is 0.306 e. The topological polar surface area (TPSA) is 55.8 Å². The summed E-state index contributed by atoms with van der Waals surface area (Å²) in [5.41, 5.74) is 3.58. The minimum Gasteiger partial charge on any atom is -0.490 e. The first-order valence-electron chi connectivity index (χ1n) is 8.32. The molecule has 0 bridgehead atoms. The van der Waals surface area contributed by atoms with Crippen molar-refractivity contribution in [2.24, 2.45) is 0 Å². The Kier molecular flexibility index (Phi) is 5.16. The van der Waals surface area contributed by atoms with E-state index in [2.05, 4.69) is 24.3 Å². The summed E-state index contributed by atoms with van der Waals surface area (Å²) < 4.78 is 11.6. The normalized spacial score (nSPS) is 15.0. The van der Waals surface area contributed by atoms with Crippen LogP contribution in [0.3, 0.4) is 0 Å². The lowest BCUT2D eigenvalue weighted by Crippen LogP contribution is -2.16. The average molecular weight is 326 g/mol. The van der Waals surface area contributed by atoms with E-state index >= 15 is 0 Å². The van der Waals surface area contributed by atoms with Crippen LogP contribution in [0.5, 0.6) is 5.75 Å². The van der Waals surface area contributed by atoms with Crippen LogP contribution in [0.4, 0.5) is 0 Å². The molecule has 0 aromatic heterocycles. The fraction of sp³-hybridized carbons (Fsp3) is 0.350. The van der Waals surface area contributed by atoms with Crippen LogP contribution in [-0.2, 0) is 22.4 Å². The summed E-state index contributed by atoms with van der Waals surface area (Å²) in [5, 5.41) is 9.00. The van der Waals surface area contributed by atoms with Crippen molar-refractivity contribution < 1.29 is 19.4 Å². The number of rotatable bonds is 7. The van der Waals surface area contributed by atoms with Crippen molar-refractivity contribution in [3.05, 3.63) is 65.2 Å². The Balaban J connectivity index is 1.63. The zero-order chi connectivity index (χ0) is 16.9. The molecule has 0 saturated heterocycles. The van der Waals surface area contributed by atoms with Gasteiger partial charge in [-0.25, -0.2) is 0 Å². The first-order chi connectivity index (χ1) is 11.7. The number of hydrogen-bond donors (Lipinski definition) is 1. The van der Waals surface area contributed by atoms with Crippen LogP contribution in [0.2, 0.25) is 0 Å². The highest BCUT2D eigenvalue weighted by atomic mass is 16.5. The van der Waals surface area contributed by atoms with Gasteiger partial charge in [0.05, 0.1) is 12.5 Å². The minimum absolute atomic E-state index is 0.0357. The van der Waals surface area contributed by atoms with Gasteiger partial charge in [-0.15, -0.1) is 0 Å². The van der Waals surface area contributed by atoms with Crippen molar-refractivity contribution in [2.75, 3.05) is 6.61 Å². The van der Waals surface area contributed by atoms with Crippen molar-refractivity contribution in [1.82, 2.24) is 0 Å². The maximum absolute atomic E-state index is 11.0. The van der Waals surface area contributed by atoms with Crippen LogP contribution in [0.1, 0.15) is 36.1 Å². The van der Waals surface area contributed by atoms with Crippen LogP contribution in [-0.4, -0.2) is 23.8 Å². The molecule has 0 spiro atoms. The second-order valence-electron chi connectivity index (χ2n) is 6.03. The summed E-state index contributed by atoms with van der Waals surface area (Å²) in [6.45, 7) is 2.35. The number of hydrogen-bond acceptors (Lipinski definition) is 3. The molecule has 2 aromatic rings. The largest absolute Gasteiger partial charge is 0.490 e. The van der Waals surface area contributed by atoms with Crippen molar-refractivity contribution in [3.63, 3.8) is 0 Å². The highest BCUT2D eigenvalue weighted by Crippen LogP contribution is 2.28. The molecule has 0 saturated carbocycles. The van der Waals surface area contributed by atoms with Gasteiger partial charge in [0.1, 0.15) is 11.9 Å². The molecule has 1 aliphatic carbocycles. The SMILES string of the molecule is CCO[C@@H](CC(=O)O)c1ccc(OC2Cc3ccccc3C2)cc1. The number of fused-ring (bicyclic) bond motifs is 1. The van der Waals surface area contributed by atoms with E-state index in [4.69, 9.17) is 14.6 Å². The van der Waals surface area contributed by atoms with E-state index in [1.54, 1.807) is 0 Å². The summed E-state index contributed by atoms with van der Waals surface area (Å²) >= 11 is 0. The van der Waals surface area contributed by atoms with E-state index in [0.29, 0.717) is 6.61 Å². The van der Waals surface area contributed by atoms with Crippen molar-refractivity contribution in [2.45, 2.75) is 38.4 Å². The van der Waals surface area contributed by atoms with Crippen LogP contribution < -0.4 is 4.74 Å². The first-order valence-corrected chi connectivity index (χ1v) is 8.32. The monoisotopic (exact) mass is 326 g/mol. The average Bonchev–Trinajstić information content (AvgIpc) is 2.97. The van der Waals surface area contributed by atoms with Crippen LogP contribution >= 0.6 is 0 Å². The van der Waals surface area contributed by atoms with Crippen LogP contribution in [0.15, 0.2) is 48.5 Å². The summed E-state index contributed by atoms with van der Waals surface area (Å²) in [4.78, 5) is 11.0. The number of aliphatic carboxylic acids is 1. The van der Waals surface area contributed by atoms with Gasteiger partial charge < -0.3 is 14.6 Å². The van der Waals surface area contributed by atoms with E-state index in [-0.39, 0.29) is 12.5 Å². The molecule has 1 N–H and O–H groups in total. The van der Waals surface area contributed by atoms with Gasteiger partial charge in [0.25, 0.3) is 0 Å². The molecule has 2 aromatic carbocycles. The number of ether oxygens (including phenoxy) is 2. The molecular weight excluding hydrogens is 304 g/mol. The van der Waals surface area contributed by atoms with Crippen molar-refractivity contribution >= 4 is 5.97 Å². The van der Waals surface area contributed by atoms with Crippen LogP contribution in [0, 0.1) is 0 Å². The second kappa shape index (κ2) is 7.49. The number of carboxylic acids is 1. The lowest BCUT2D eigenvalue weighted by atomic mass is 10.1. The quantitative estimate of drug-likeness (QED) is 0.841. The summed E-state index contributed by atoms with van der Waals surface area (Å²) in [6, 6.07) is 16.0. The Morgan fingerprint density at radius 1 is 1.12 bits per heavy atom. The molecule has 1 aliphatic rings. The minimum atomic E-state index is -0.863. The third kappa shape index (κ3) is 3.95. The van der Waals surface area contributed by atoms with E-state index < -0.39 is 12.1 Å². The van der Waals surface area contributed by atoms with E-state index in [1.807, 2.05) is 31.2 Å². The fourth-order valence-corrected chi connectivity index (χ4v) is 3.19. The molecule has 4 heteroatoms. The molecule has 0 fully saturated rings. The van der Waals surface area contributed by atoms with Gasteiger partial charge in [0.2, 0.25) is 0 Å². The zero-order valence-electron chi connectivity index (χ0n) is 13.8. The van der Waals surface area contributed by atoms with E-state index in [0.717, 1.165) is 24.2 Å². The predicted molar refractivity (Wildman–Crippen MR) is 91.3 cm³/mol. The van der Waals surface area contributed by atoms with E-state index in [9.17, 15) is 4.79 Å². The molecular formula is C20H22O4. The molecule has 4 nitrogen and oxygen atoms in total. The fourth-order valence-electron chi connectivity index (χ4n) is 3.19. The molecule has 0 unspecified atom stereocenters. The molecule has 24 heavy (non-hydrogen) atoms. The smallest absolute Gasteiger partial charge is 0.306 e. The first kappa shape index (κ1) is 16.5. The highest BCUT2D eigenvalue weighted by Gasteiger charge is 2.22. The number of carbonyl (C=O) groups is 1. The summed E-state index contributed by atoms with van der Waals surface area (Å²) in [5.74, 6) is -0.0559. The Morgan fingerprint density at radius 2 is 1.75 bits per heavy atom. The Bertz CT molecular complexity index is 668. The van der Waals surface area contributed by atoms with Gasteiger partial charge in [-0.2, -0.15) is 0 Å². The molecule has 0 radical (unpaired) electrons. The van der Waals surface area contributed by atoms with Crippen molar-refractivity contribution in [1.29, 1.82) is 0 Å². The van der Waals surface area contributed by atoms with Gasteiger partial charge >= 0.3 is 5.97 Å². The predicted octanol–water partition coefficient (Wildman–Crippen LogP) is 3.79. The molecule has 0 amide bonds. The lowest BCUT2D eigenvalue weighted by molar-refractivity contribution is -0.140. The van der Waals surface area contributed by atoms with E-state index in [1.165, 1.54) is 11.1 Å². The molecule has 3 rings (SSSR count). The number of carboxylic acid groups (broad SMARTS) is 1. The highest BCUT2D eigenvalue weighted by molar-refractivity contribution is 5.67. The second-order valence-corrected chi connectivity index (χ2v) is 6.03. The molecule has 0 heterocycles. The third-order valence-electron chi connectivity index (χ3n) is 4.30. The standard InChI is InChI=1S/C20H22O4/c1-2-23-19(13-20(21)22)14-7-9-17(10-8-14)24-18-11-15-5-3-4-6-16(15)12-18/h3-10,18-19H,2,11-13H2,1H3,(H,21,22)/t19-/m0/s1. The van der Waals surface area contributed by atoms with Gasteiger partial charge in [0, 0.05) is 19.4 Å². The number of benzene rings is 2. The zero-order valence-corrected chi connectivity index (χ0v) is 13.8. The van der Waals surface area contributed by atoms with Crippen molar-refractivity contribution in [3.8, 4) is 5.75 Å². The summed E-state index contributed by atoms with van der Waals surface area (Å²) in [6.07, 6.45) is 1.57. The maximum atomic E-state index is 11.0. The third-order valence-corrected chi connectivity index (χ3v) is 4.30.